The number of hydrogen-bond acceptors (Lipinski definition) is 3. The molecule has 0 aliphatic carbocycles. The lowest BCUT2D eigenvalue weighted by Gasteiger charge is -2.00. The summed E-state index contributed by atoms with van der Waals surface area (Å²) in [5.41, 5.74) is 0. The minimum absolute atomic E-state index is 0.127. The summed E-state index contributed by atoms with van der Waals surface area (Å²) < 4.78 is 17.8. The molecule has 0 saturated heterocycles. The van der Waals surface area contributed by atoms with Gasteiger partial charge in [-0.3, -0.25) is 0 Å². The van der Waals surface area contributed by atoms with Crippen molar-refractivity contribution in [3.63, 3.8) is 0 Å². The number of rotatable bonds is 5. The first-order valence-corrected chi connectivity index (χ1v) is 5.63. The Morgan fingerprint density at radius 3 is 2.93 bits per heavy atom. The summed E-state index contributed by atoms with van der Waals surface area (Å²) in [5, 5.41) is 3.11. The van der Waals surface area contributed by atoms with Gasteiger partial charge >= 0.3 is 0 Å². The zero-order valence-corrected chi connectivity index (χ0v) is 9.02. The molecule has 15 heavy (non-hydrogen) atoms. The second kappa shape index (κ2) is 5.09. The molecule has 0 amide bonds. The number of hydrogen-bond donors (Lipinski definition) is 1. The lowest BCUT2D eigenvalue weighted by Crippen LogP contribution is -2.15. The maximum absolute atomic E-state index is 12.6. The smallest absolute Gasteiger partial charge is 0.176 e. The molecule has 0 spiro atoms. The van der Waals surface area contributed by atoms with E-state index >= 15 is 0 Å². The van der Waals surface area contributed by atoms with Gasteiger partial charge in [0.25, 0.3) is 0 Å². The quantitative estimate of drug-likeness (QED) is 0.791. The zero-order valence-electron chi connectivity index (χ0n) is 8.20. The Morgan fingerprint density at radius 1 is 1.33 bits per heavy atom. The van der Waals surface area contributed by atoms with Gasteiger partial charge in [-0.05, 0) is 24.3 Å². The Labute approximate surface area is 91.7 Å². The Bertz CT molecular complexity index is 396. The molecule has 2 aromatic rings. The van der Waals surface area contributed by atoms with Crippen molar-refractivity contribution in [3.8, 4) is 0 Å². The highest BCUT2D eigenvalue weighted by atomic mass is 32.1. The predicted molar refractivity (Wildman–Crippen MR) is 58.4 cm³/mol. The fraction of sp³-hybridized carbons (Fsp3) is 0.273. The molecule has 0 aliphatic rings. The molecule has 0 aromatic carbocycles. The number of halogens is 1. The van der Waals surface area contributed by atoms with E-state index in [1.54, 1.807) is 12.3 Å². The van der Waals surface area contributed by atoms with Crippen molar-refractivity contribution >= 4 is 11.3 Å². The summed E-state index contributed by atoms with van der Waals surface area (Å²) in [4.78, 5) is 1.02. The van der Waals surface area contributed by atoms with Gasteiger partial charge in [0, 0.05) is 24.4 Å². The Kier molecular flexibility index (Phi) is 3.53. The van der Waals surface area contributed by atoms with E-state index in [4.69, 9.17) is 4.42 Å². The fourth-order valence-corrected chi connectivity index (χ4v) is 2.02. The highest BCUT2D eigenvalue weighted by Crippen LogP contribution is 2.13. The molecule has 2 heterocycles. The molecule has 0 saturated carbocycles. The Morgan fingerprint density at radius 2 is 2.27 bits per heavy atom. The van der Waals surface area contributed by atoms with Crippen LogP contribution in [0.3, 0.4) is 0 Å². The van der Waals surface area contributed by atoms with Gasteiger partial charge in [0.2, 0.25) is 0 Å². The van der Waals surface area contributed by atoms with Crippen LogP contribution < -0.4 is 5.32 Å². The SMILES string of the molecule is Fc1ccc(CNCCc2ccco2)s1. The van der Waals surface area contributed by atoms with E-state index in [0.29, 0.717) is 0 Å². The lowest BCUT2D eigenvalue weighted by molar-refractivity contribution is 0.499. The van der Waals surface area contributed by atoms with Crippen molar-refractivity contribution in [2.45, 2.75) is 13.0 Å². The van der Waals surface area contributed by atoms with Crippen LogP contribution in [-0.2, 0) is 13.0 Å². The molecule has 0 unspecified atom stereocenters. The van der Waals surface area contributed by atoms with Crippen molar-refractivity contribution in [3.05, 3.63) is 46.3 Å². The van der Waals surface area contributed by atoms with Gasteiger partial charge in [-0.1, -0.05) is 0 Å². The van der Waals surface area contributed by atoms with Gasteiger partial charge in [0.05, 0.1) is 6.26 Å². The molecule has 0 bridgehead atoms. The van der Waals surface area contributed by atoms with Crippen LogP contribution in [0.4, 0.5) is 4.39 Å². The molecule has 0 radical (unpaired) electrons. The fourth-order valence-electron chi connectivity index (χ4n) is 1.32. The highest BCUT2D eigenvalue weighted by Gasteiger charge is 1.99. The van der Waals surface area contributed by atoms with Crippen molar-refractivity contribution in [2.75, 3.05) is 6.54 Å². The first-order valence-electron chi connectivity index (χ1n) is 4.82. The first-order chi connectivity index (χ1) is 7.34. The van der Waals surface area contributed by atoms with E-state index in [0.717, 1.165) is 30.1 Å². The number of furan rings is 1. The maximum atomic E-state index is 12.6. The van der Waals surface area contributed by atoms with E-state index in [-0.39, 0.29) is 5.13 Å². The molecule has 0 aliphatic heterocycles. The van der Waals surface area contributed by atoms with Gasteiger partial charge in [0.15, 0.2) is 5.13 Å². The molecule has 2 nitrogen and oxygen atoms in total. The summed E-state index contributed by atoms with van der Waals surface area (Å²) in [6.07, 6.45) is 2.53. The predicted octanol–water partition coefficient (Wildman–Crippen LogP) is 2.81. The molecule has 1 N–H and O–H groups in total. The first kappa shape index (κ1) is 10.4. The summed E-state index contributed by atoms with van der Waals surface area (Å²) >= 11 is 1.18. The van der Waals surface area contributed by atoms with Crippen LogP contribution in [0.2, 0.25) is 0 Å². The normalized spacial score (nSPS) is 10.7. The third-order valence-corrected chi connectivity index (χ3v) is 2.93. The van der Waals surface area contributed by atoms with Crippen LogP contribution in [0.25, 0.3) is 0 Å². The molecule has 0 atom stereocenters. The number of nitrogens with one attached hydrogen (secondary N) is 1. The number of thiophene rings is 1. The molecule has 2 aromatic heterocycles. The van der Waals surface area contributed by atoms with Crippen LogP contribution in [0.15, 0.2) is 34.9 Å². The van der Waals surface area contributed by atoms with E-state index < -0.39 is 0 Å². The molecular formula is C11H12FNOS. The van der Waals surface area contributed by atoms with Gasteiger partial charge in [0.1, 0.15) is 5.76 Å². The summed E-state index contributed by atoms with van der Waals surface area (Å²) in [6.45, 7) is 1.56. The third kappa shape index (κ3) is 3.18. The maximum Gasteiger partial charge on any atom is 0.176 e. The molecule has 80 valence electrons. The van der Waals surface area contributed by atoms with Gasteiger partial charge < -0.3 is 9.73 Å². The van der Waals surface area contributed by atoms with Crippen LogP contribution in [0, 0.1) is 5.13 Å². The molecule has 0 fully saturated rings. The summed E-state index contributed by atoms with van der Waals surface area (Å²) in [7, 11) is 0. The van der Waals surface area contributed by atoms with Gasteiger partial charge in [-0.15, -0.1) is 11.3 Å². The second-order valence-corrected chi connectivity index (χ2v) is 4.33. The molecule has 4 heteroatoms. The lowest BCUT2D eigenvalue weighted by atomic mass is 10.3. The third-order valence-electron chi connectivity index (χ3n) is 2.06. The summed E-state index contributed by atoms with van der Waals surface area (Å²) in [5.74, 6) is 0.972. The minimum atomic E-state index is -0.127. The average molecular weight is 225 g/mol. The van der Waals surface area contributed by atoms with Crippen molar-refractivity contribution in [2.24, 2.45) is 0 Å². The van der Waals surface area contributed by atoms with E-state index in [1.165, 1.54) is 17.4 Å². The largest absolute Gasteiger partial charge is 0.469 e. The van der Waals surface area contributed by atoms with E-state index in [1.807, 2.05) is 12.1 Å². The Balaban J connectivity index is 1.67. The van der Waals surface area contributed by atoms with Gasteiger partial charge in [-0.2, -0.15) is 4.39 Å². The van der Waals surface area contributed by atoms with E-state index in [2.05, 4.69) is 5.32 Å². The minimum Gasteiger partial charge on any atom is -0.469 e. The second-order valence-electron chi connectivity index (χ2n) is 3.21. The topological polar surface area (TPSA) is 25.2 Å². The summed E-state index contributed by atoms with van der Waals surface area (Å²) in [6, 6.07) is 7.13. The van der Waals surface area contributed by atoms with Crippen molar-refractivity contribution < 1.29 is 8.81 Å². The van der Waals surface area contributed by atoms with Gasteiger partial charge in [-0.25, -0.2) is 0 Å². The zero-order chi connectivity index (χ0) is 10.5. The standard InChI is InChI=1S/C11H12FNOS/c12-11-4-3-10(15-11)8-13-6-5-9-2-1-7-14-9/h1-4,7,13H,5-6,8H2. The van der Waals surface area contributed by atoms with Crippen LogP contribution >= 0.6 is 11.3 Å². The van der Waals surface area contributed by atoms with Crippen molar-refractivity contribution in [1.29, 1.82) is 0 Å². The van der Waals surface area contributed by atoms with Crippen LogP contribution in [0.5, 0.6) is 0 Å². The average Bonchev–Trinajstić information content (AvgIpc) is 2.84. The Hall–Kier alpha value is -1.13. The van der Waals surface area contributed by atoms with Crippen LogP contribution in [0.1, 0.15) is 10.6 Å². The van der Waals surface area contributed by atoms with Crippen molar-refractivity contribution in [1.82, 2.24) is 5.32 Å². The molecular weight excluding hydrogens is 213 g/mol. The van der Waals surface area contributed by atoms with E-state index in [9.17, 15) is 4.39 Å². The molecule has 2 rings (SSSR count). The monoisotopic (exact) mass is 225 g/mol. The van der Waals surface area contributed by atoms with Crippen LogP contribution in [-0.4, -0.2) is 6.54 Å². The highest BCUT2D eigenvalue weighted by molar-refractivity contribution is 7.10.